The standard InChI is InChI=1S/C18H25N3O2S/c1-13-20-16(12-24-13)9-19-15-4-5-21(11-15)10-14-6-17(22-2)8-18(7-14)23-3/h6-8,12,15,19H,4-5,9-11H2,1-3H3. The van der Waals surface area contributed by atoms with Gasteiger partial charge in [-0.3, -0.25) is 4.90 Å². The Labute approximate surface area is 147 Å². The minimum Gasteiger partial charge on any atom is -0.497 e. The number of thiazole rings is 1. The van der Waals surface area contributed by atoms with E-state index in [1.54, 1.807) is 25.6 Å². The zero-order valence-electron chi connectivity index (χ0n) is 14.5. The molecule has 0 radical (unpaired) electrons. The number of hydrogen-bond acceptors (Lipinski definition) is 6. The van der Waals surface area contributed by atoms with Gasteiger partial charge in [0.2, 0.25) is 0 Å². The predicted molar refractivity (Wildman–Crippen MR) is 96.9 cm³/mol. The van der Waals surface area contributed by atoms with Crippen molar-refractivity contribution in [2.45, 2.75) is 32.5 Å². The molecule has 0 saturated carbocycles. The third-order valence-electron chi connectivity index (χ3n) is 4.33. The largest absolute Gasteiger partial charge is 0.497 e. The molecule has 1 unspecified atom stereocenters. The summed E-state index contributed by atoms with van der Waals surface area (Å²) in [6, 6.07) is 6.61. The van der Waals surface area contributed by atoms with E-state index in [4.69, 9.17) is 9.47 Å². The van der Waals surface area contributed by atoms with Gasteiger partial charge in [0.05, 0.1) is 24.9 Å². The maximum Gasteiger partial charge on any atom is 0.122 e. The molecule has 1 fully saturated rings. The minimum atomic E-state index is 0.527. The molecule has 1 saturated heterocycles. The van der Waals surface area contributed by atoms with Crippen molar-refractivity contribution in [1.82, 2.24) is 15.2 Å². The first kappa shape index (κ1) is 17.2. The molecule has 130 valence electrons. The van der Waals surface area contributed by atoms with Crippen molar-refractivity contribution in [3.63, 3.8) is 0 Å². The minimum absolute atomic E-state index is 0.527. The van der Waals surface area contributed by atoms with Crippen LogP contribution >= 0.6 is 11.3 Å². The highest BCUT2D eigenvalue weighted by Crippen LogP contribution is 2.24. The second kappa shape index (κ2) is 7.96. The lowest BCUT2D eigenvalue weighted by molar-refractivity contribution is 0.317. The summed E-state index contributed by atoms with van der Waals surface area (Å²) in [6.45, 7) is 5.99. The van der Waals surface area contributed by atoms with E-state index in [2.05, 4.69) is 32.7 Å². The number of rotatable bonds is 7. The third-order valence-corrected chi connectivity index (χ3v) is 5.15. The number of ether oxygens (including phenoxy) is 2. The molecule has 6 heteroatoms. The highest BCUT2D eigenvalue weighted by atomic mass is 32.1. The van der Waals surface area contributed by atoms with Crippen LogP contribution in [0.25, 0.3) is 0 Å². The van der Waals surface area contributed by atoms with Gasteiger partial charge in [-0.25, -0.2) is 4.98 Å². The van der Waals surface area contributed by atoms with Crippen molar-refractivity contribution in [2.24, 2.45) is 0 Å². The van der Waals surface area contributed by atoms with Crippen molar-refractivity contribution < 1.29 is 9.47 Å². The molecule has 24 heavy (non-hydrogen) atoms. The summed E-state index contributed by atoms with van der Waals surface area (Å²) in [5.74, 6) is 1.69. The van der Waals surface area contributed by atoms with E-state index in [9.17, 15) is 0 Å². The number of likely N-dealkylation sites (tertiary alicyclic amines) is 1. The van der Waals surface area contributed by atoms with Crippen LogP contribution in [0.15, 0.2) is 23.6 Å². The number of aromatic nitrogens is 1. The van der Waals surface area contributed by atoms with E-state index in [1.165, 1.54) is 12.0 Å². The Morgan fingerprint density at radius 3 is 2.62 bits per heavy atom. The summed E-state index contributed by atoms with van der Waals surface area (Å²) in [7, 11) is 3.38. The molecule has 1 N–H and O–H groups in total. The Balaban J connectivity index is 1.52. The van der Waals surface area contributed by atoms with Gasteiger partial charge in [-0.15, -0.1) is 11.3 Å². The second-order valence-corrected chi connectivity index (χ2v) is 7.24. The summed E-state index contributed by atoms with van der Waals surface area (Å²) in [4.78, 5) is 6.98. The summed E-state index contributed by atoms with van der Waals surface area (Å²) in [5, 5.41) is 6.89. The number of benzene rings is 1. The van der Waals surface area contributed by atoms with Crippen LogP contribution in [0.3, 0.4) is 0 Å². The Bertz CT molecular complexity index is 652. The van der Waals surface area contributed by atoms with Gasteiger partial charge in [0.1, 0.15) is 11.5 Å². The molecule has 1 aliphatic heterocycles. The van der Waals surface area contributed by atoms with Gasteiger partial charge in [-0.1, -0.05) is 0 Å². The summed E-state index contributed by atoms with van der Waals surface area (Å²) < 4.78 is 10.7. The molecule has 2 aromatic rings. The lowest BCUT2D eigenvalue weighted by Crippen LogP contribution is -2.32. The van der Waals surface area contributed by atoms with Crippen LogP contribution in [0.2, 0.25) is 0 Å². The second-order valence-electron chi connectivity index (χ2n) is 6.18. The summed E-state index contributed by atoms with van der Waals surface area (Å²) in [5.41, 5.74) is 2.37. The van der Waals surface area contributed by atoms with Crippen molar-refractivity contribution >= 4 is 11.3 Å². The van der Waals surface area contributed by atoms with E-state index in [-0.39, 0.29) is 0 Å². The zero-order chi connectivity index (χ0) is 16.9. The average Bonchev–Trinajstić information content (AvgIpc) is 3.21. The van der Waals surface area contributed by atoms with Crippen LogP contribution in [0.1, 0.15) is 22.7 Å². The zero-order valence-corrected chi connectivity index (χ0v) is 15.4. The molecular formula is C18H25N3O2S. The van der Waals surface area contributed by atoms with Gasteiger partial charge in [-0.2, -0.15) is 0 Å². The van der Waals surface area contributed by atoms with Gasteiger partial charge in [-0.05, 0) is 31.0 Å². The highest BCUT2D eigenvalue weighted by molar-refractivity contribution is 7.09. The van der Waals surface area contributed by atoms with Gasteiger partial charge in [0.15, 0.2) is 0 Å². The lowest BCUT2D eigenvalue weighted by atomic mass is 10.2. The average molecular weight is 347 g/mol. The molecule has 0 amide bonds. The molecule has 1 aliphatic rings. The predicted octanol–water partition coefficient (Wildman–Crippen LogP) is 2.83. The van der Waals surface area contributed by atoms with Crippen LogP contribution in [-0.2, 0) is 13.1 Å². The molecule has 5 nitrogen and oxygen atoms in total. The molecule has 2 heterocycles. The number of aryl methyl sites for hydroxylation is 1. The molecule has 1 aromatic heterocycles. The lowest BCUT2D eigenvalue weighted by Gasteiger charge is -2.17. The first-order valence-corrected chi connectivity index (χ1v) is 9.13. The topological polar surface area (TPSA) is 46.6 Å². The molecule has 1 aromatic carbocycles. The first-order valence-electron chi connectivity index (χ1n) is 8.25. The smallest absolute Gasteiger partial charge is 0.122 e. The van der Waals surface area contributed by atoms with E-state index >= 15 is 0 Å². The fourth-order valence-electron chi connectivity index (χ4n) is 3.10. The van der Waals surface area contributed by atoms with Crippen molar-refractivity contribution in [1.29, 1.82) is 0 Å². The molecule has 0 aliphatic carbocycles. The van der Waals surface area contributed by atoms with E-state index in [0.29, 0.717) is 6.04 Å². The normalized spacial score (nSPS) is 18.0. The van der Waals surface area contributed by atoms with Crippen LogP contribution in [0.5, 0.6) is 11.5 Å². The van der Waals surface area contributed by atoms with Crippen molar-refractivity contribution in [3.05, 3.63) is 39.8 Å². The fraction of sp³-hybridized carbons (Fsp3) is 0.500. The maximum absolute atomic E-state index is 5.36. The fourth-order valence-corrected chi connectivity index (χ4v) is 3.71. The molecule has 3 rings (SSSR count). The summed E-state index contributed by atoms with van der Waals surface area (Å²) in [6.07, 6.45) is 1.17. The highest BCUT2D eigenvalue weighted by Gasteiger charge is 2.22. The monoisotopic (exact) mass is 347 g/mol. The SMILES string of the molecule is COc1cc(CN2CCC(NCc3csc(C)n3)C2)cc(OC)c1. The Morgan fingerprint density at radius 2 is 2.00 bits per heavy atom. The van der Waals surface area contributed by atoms with Crippen molar-refractivity contribution in [3.8, 4) is 11.5 Å². The first-order chi connectivity index (χ1) is 11.7. The number of nitrogens with zero attached hydrogens (tertiary/aromatic N) is 2. The quantitative estimate of drug-likeness (QED) is 0.834. The van der Waals surface area contributed by atoms with Crippen LogP contribution < -0.4 is 14.8 Å². The Kier molecular flexibility index (Phi) is 5.71. The Hall–Kier alpha value is -1.63. The number of methoxy groups -OCH3 is 2. The molecule has 0 spiro atoms. The van der Waals surface area contributed by atoms with Gasteiger partial charge >= 0.3 is 0 Å². The maximum atomic E-state index is 5.36. The van der Waals surface area contributed by atoms with Crippen LogP contribution in [0.4, 0.5) is 0 Å². The van der Waals surface area contributed by atoms with E-state index < -0.39 is 0 Å². The van der Waals surface area contributed by atoms with E-state index in [1.807, 2.05) is 13.0 Å². The number of hydrogen-bond donors (Lipinski definition) is 1. The van der Waals surface area contributed by atoms with E-state index in [0.717, 1.165) is 48.4 Å². The molecule has 1 atom stereocenters. The van der Waals surface area contributed by atoms with Crippen LogP contribution in [-0.4, -0.2) is 43.2 Å². The number of nitrogens with one attached hydrogen (secondary N) is 1. The van der Waals surface area contributed by atoms with Gasteiger partial charge < -0.3 is 14.8 Å². The molecular weight excluding hydrogens is 322 g/mol. The summed E-state index contributed by atoms with van der Waals surface area (Å²) >= 11 is 1.71. The van der Waals surface area contributed by atoms with Gasteiger partial charge in [0.25, 0.3) is 0 Å². The van der Waals surface area contributed by atoms with Gasteiger partial charge in [0, 0.05) is 43.7 Å². The van der Waals surface area contributed by atoms with Crippen molar-refractivity contribution in [2.75, 3.05) is 27.3 Å². The van der Waals surface area contributed by atoms with Crippen LogP contribution in [0, 0.1) is 6.92 Å². The Morgan fingerprint density at radius 1 is 1.25 bits per heavy atom. The molecule has 0 bridgehead atoms. The third kappa shape index (κ3) is 4.47.